The fraction of sp³-hybridized carbons (Fsp3) is 0.250. The molecule has 3 aromatic heterocycles. The summed E-state index contributed by atoms with van der Waals surface area (Å²) < 4.78 is 7.91. The van der Waals surface area contributed by atoms with E-state index in [1.807, 2.05) is 38.1 Å². The van der Waals surface area contributed by atoms with Gasteiger partial charge in [0.25, 0.3) is 5.89 Å². The summed E-state index contributed by atoms with van der Waals surface area (Å²) in [4.78, 5) is 29.0. The van der Waals surface area contributed by atoms with Crippen LogP contribution in [0.3, 0.4) is 0 Å². The van der Waals surface area contributed by atoms with Gasteiger partial charge in [-0.3, -0.25) is 4.79 Å². The summed E-state index contributed by atoms with van der Waals surface area (Å²) in [5, 5.41) is 11.1. The van der Waals surface area contributed by atoms with E-state index in [4.69, 9.17) is 4.52 Å². The highest BCUT2D eigenvalue weighted by molar-refractivity contribution is 5.76. The number of pyridine rings is 1. The molecule has 0 unspecified atom stereocenters. The van der Waals surface area contributed by atoms with Crippen LogP contribution in [0.2, 0.25) is 0 Å². The predicted octanol–water partition coefficient (Wildman–Crippen LogP) is 2.05. The van der Waals surface area contributed by atoms with Crippen LogP contribution in [0, 0.1) is 6.92 Å². The van der Waals surface area contributed by atoms with E-state index in [9.17, 15) is 9.59 Å². The van der Waals surface area contributed by atoms with Gasteiger partial charge in [-0.15, -0.1) is 5.10 Å². The van der Waals surface area contributed by atoms with Gasteiger partial charge in [0.2, 0.25) is 11.7 Å². The number of hydrogen-bond donors (Lipinski definition) is 1. The maximum atomic E-state index is 12.6. The number of aromatic nitrogens is 5. The van der Waals surface area contributed by atoms with Gasteiger partial charge in [0.15, 0.2) is 5.65 Å². The Labute approximate surface area is 166 Å². The van der Waals surface area contributed by atoms with Crippen molar-refractivity contribution in [3.63, 3.8) is 0 Å². The zero-order chi connectivity index (χ0) is 20.4. The fourth-order valence-electron chi connectivity index (χ4n) is 2.92. The normalized spacial score (nSPS) is 11.1. The molecule has 0 bridgehead atoms. The van der Waals surface area contributed by atoms with Crippen LogP contribution in [0.25, 0.3) is 28.5 Å². The van der Waals surface area contributed by atoms with Gasteiger partial charge in [0.05, 0.1) is 5.56 Å². The van der Waals surface area contributed by atoms with Crippen molar-refractivity contribution in [1.29, 1.82) is 0 Å². The molecular weight excluding hydrogens is 372 g/mol. The lowest BCUT2D eigenvalue weighted by molar-refractivity contribution is -0.121. The standard InChI is InChI=1S/C20H20N6O3/c1-3-10-21-16(27)12-26-20(28)25-11-4-5-15(18(25)23-26)19-22-17(24-29-19)14-8-6-13(2)7-9-14/h4-9,11H,3,10,12H2,1-2H3,(H,21,27). The zero-order valence-corrected chi connectivity index (χ0v) is 16.1. The van der Waals surface area contributed by atoms with Crippen LogP contribution < -0.4 is 11.0 Å². The summed E-state index contributed by atoms with van der Waals surface area (Å²) in [7, 11) is 0. The van der Waals surface area contributed by atoms with Crippen molar-refractivity contribution in [2.24, 2.45) is 0 Å². The average Bonchev–Trinajstić information content (AvgIpc) is 3.33. The number of rotatable bonds is 6. The first-order chi connectivity index (χ1) is 14.1. The number of aryl methyl sites for hydroxylation is 1. The van der Waals surface area contributed by atoms with Gasteiger partial charge in [0.1, 0.15) is 6.54 Å². The molecule has 0 atom stereocenters. The number of carbonyl (C=O) groups is 1. The number of nitrogens with one attached hydrogen (secondary N) is 1. The summed E-state index contributed by atoms with van der Waals surface area (Å²) in [6.45, 7) is 4.36. The van der Waals surface area contributed by atoms with E-state index in [0.29, 0.717) is 23.6 Å². The van der Waals surface area contributed by atoms with E-state index < -0.39 is 5.69 Å². The molecule has 0 saturated carbocycles. The second-order valence-electron chi connectivity index (χ2n) is 6.69. The molecule has 0 radical (unpaired) electrons. The summed E-state index contributed by atoms with van der Waals surface area (Å²) in [5.41, 5.74) is 2.41. The van der Waals surface area contributed by atoms with Gasteiger partial charge in [-0.25, -0.2) is 13.9 Å². The Morgan fingerprint density at radius 1 is 1.21 bits per heavy atom. The van der Waals surface area contributed by atoms with Crippen molar-refractivity contribution in [2.75, 3.05) is 6.54 Å². The second kappa shape index (κ2) is 7.70. The van der Waals surface area contributed by atoms with Crippen molar-refractivity contribution < 1.29 is 9.32 Å². The molecule has 0 aliphatic rings. The monoisotopic (exact) mass is 392 g/mol. The van der Waals surface area contributed by atoms with Crippen LogP contribution in [0.15, 0.2) is 51.9 Å². The molecule has 1 amide bonds. The van der Waals surface area contributed by atoms with E-state index in [0.717, 1.165) is 22.2 Å². The lowest BCUT2D eigenvalue weighted by Gasteiger charge is -2.01. The molecule has 4 aromatic rings. The van der Waals surface area contributed by atoms with E-state index in [1.54, 1.807) is 18.3 Å². The summed E-state index contributed by atoms with van der Waals surface area (Å²) in [6.07, 6.45) is 2.41. The van der Waals surface area contributed by atoms with Gasteiger partial charge in [0, 0.05) is 18.3 Å². The summed E-state index contributed by atoms with van der Waals surface area (Å²) >= 11 is 0. The third-order valence-corrected chi connectivity index (χ3v) is 4.44. The van der Waals surface area contributed by atoms with Crippen LogP contribution in [0.1, 0.15) is 18.9 Å². The van der Waals surface area contributed by atoms with Crippen LogP contribution in [-0.2, 0) is 11.3 Å². The summed E-state index contributed by atoms with van der Waals surface area (Å²) in [5.74, 6) is 0.430. The largest absolute Gasteiger partial charge is 0.355 e. The molecule has 148 valence electrons. The Kier molecular flexibility index (Phi) is 4.94. The molecule has 0 aliphatic carbocycles. The number of hydrogen-bond acceptors (Lipinski definition) is 6. The number of carbonyl (C=O) groups excluding carboxylic acids is 1. The predicted molar refractivity (Wildman–Crippen MR) is 106 cm³/mol. The van der Waals surface area contributed by atoms with Gasteiger partial charge in [-0.2, -0.15) is 4.98 Å². The quantitative estimate of drug-likeness (QED) is 0.538. The number of benzene rings is 1. The smallest absolute Gasteiger partial charge is 0.350 e. The van der Waals surface area contributed by atoms with Crippen molar-refractivity contribution in [1.82, 2.24) is 29.6 Å². The second-order valence-corrected chi connectivity index (χ2v) is 6.69. The van der Waals surface area contributed by atoms with Crippen molar-refractivity contribution >= 4 is 11.6 Å². The van der Waals surface area contributed by atoms with Crippen molar-refractivity contribution in [3.05, 3.63) is 58.6 Å². The first-order valence-electron chi connectivity index (χ1n) is 9.33. The fourth-order valence-corrected chi connectivity index (χ4v) is 2.92. The maximum absolute atomic E-state index is 12.6. The minimum atomic E-state index is -0.410. The van der Waals surface area contributed by atoms with E-state index in [1.165, 1.54) is 4.40 Å². The van der Waals surface area contributed by atoms with Crippen molar-refractivity contribution in [2.45, 2.75) is 26.8 Å². The number of nitrogens with zero attached hydrogens (tertiary/aromatic N) is 5. The maximum Gasteiger partial charge on any atom is 0.350 e. The molecule has 3 heterocycles. The molecule has 0 aliphatic heterocycles. The number of amides is 1. The van der Waals surface area contributed by atoms with Crippen LogP contribution in [0.4, 0.5) is 0 Å². The highest BCUT2D eigenvalue weighted by Gasteiger charge is 2.18. The molecule has 29 heavy (non-hydrogen) atoms. The molecule has 0 saturated heterocycles. The van der Waals surface area contributed by atoms with E-state index >= 15 is 0 Å². The molecule has 9 nitrogen and oxygen atoms in total. The average molecular weight is 392 g/mol. The minimum absolute atomic E-state index is 0.154. The third kappa shape index (κ3) is 3.66. The SMILES string of the molecule is CCCNC(=O)Cn1nc2c(-c3nc(-c4ccc(C)cc4)no3)cccn2c1=O. The highest BCUT2D eigenvalue weighted by atomic mass is 16.5. The number of fused-ring (bicyclic) bond motifs is 1. The molecule has 0 fully saturated rings. The Morgan fingerprint density at radius 2 is 2.00 bits per heavy atom. The molecule has 1 N–H and O–H groups in total. The first kappa shape index (κ1) is 18.6. The van der Waals surface area contributed by atoms with Crippen LogP contribution >= 0.6 is 0 Å². The topological polar surface area (TPSA) is 107 Å². The molecule has 1 aromatic carbocycles. The lowest BCUT2D eigenvalue weighted by Crippen LogP contribution is -2.33. The Bertz CT molecular complexity index is 1220. The van der Waals surface area contributed by atoms with Crippen molar-refractivity contribution in [3.8, 4) is 22.8 Å². The molecule has 9 heteroatoms. The van der Waals surface area contributed by atoms with Gasteiger partial charge >= 0.3 is 5.69 Å². The molecular formula is C20H20N6O3. The molecule has 0 spiro atoms. The van der Waals surface area contributed by atoms with Crippen LogP contribution in [-0.4, -0.2) is 36.8 Å². The summed E-state index contributed by atoms with van der Waals surface area (Å²) in [6, 6.07) is 11.2. The Balaban J connectivity index is 1.70. The van der Waals surface area contributed by atoms with E-state index in [-0.39, 0.29) is 18.3 Å². The van der Waals surface area contributed by atoms with Gasteiger partial charge in [-0.05, 0) is 25.5 Å². The third-order valence-electron chi connectivity index (χ3n) is 4.44. The van der Waals surface area contributed by atoms with Crippen LogP contribution in [0.5, 0.6) is 0 Å². The van der Waals surface area contributed by atoms with Gasteiger partial charge in [-0.1, -0.05) is 41.9 Å². The van der Waals surface area contributed by atoms with E-state index in [2.05, 4.69) is 20.6 Å². The lowest BCUT2D eigenvalue weighted by atomic mass is 10.1. The zero-order valence-electron chi connectivity index (χ0n) is 16.1. The highest BCUT2D eigenvalue weighted by Crippen LogP contribution is 2.24. The minimum Gasteiger partial charge on any atom is -0.355 e. The Hall–Kier alpha value is -3.75. The first-order valence-corrected chi connectivity index (χ1v) is 9.33. The van der Waals surface area contributed by atoms with Gasteiger partial charge < -0.3 is 9.84 Å². The Morgan fingerprint density at radius 3 is 2.76 bits per heavy atom. The molecule has 4 rings (SSSR count).